The number of hydrogen-bond acceptors (Lipinski definition) is 17. The molecule has 6 fully saturated rings. The molecule has 0 unspecified atom stereocenters. The van der Waals surface area contributed by atoms with Gasteiger partial charge in [0.1, 0.15) is 24.6 Å². The molecule has 510 valence electrons. The summed E-state index contributed by atoms with van der Waals surface area (Å²) in [4.78, 5) is 27.2. The van der Waals surface area contributed by atoms with Crippen LogP contribution in [0.25, 0.3) is 10.9 Å². The highest BCUT2D eigenvalue weighted by Crippen LogP contribution is 2.65. The lowest BCUT2D eigenvalue weighted by atomic mass is 9.55. The molecule has 11 aliphatic rings. The highest BCUT2D eigenvalue weighted by molar-refractivity contribution is 5.83. The maximum atomic E-state index is 14.1. The van der Waals surface area contributed by atoms with Crippen molar-refractivity contribution >= 4 is 22.8 Å². The smallest absolute Gasteiger partial charge is 0.302 e. The zero-order valence-electron chi connectivity index (χ0n) is 55.8. The number of aliphatic imine (C=N–C) groups is 1. The van der Waals surface area contributed by atoms with Crippen LogP contribution < -0.4 is 41.8 Å². The quantitative estimate of drug-likeness (QED) is 0.0346. The van der Waals surface area contributed by atoms with Crippen molar-refractivity contribution in [3.8, 4) is 52.4 Å². The number of fused-ring (bicyclic) bond motifs is 8. The number of nitrogens with one attached hydrogen (secondary N) is 6. The number of rotatable bonds is 10. The lowest BCUT2D eigenvalue weighted by Crippen LogP contribution is -2.76. The molecule has 2 saturated heterocycles. The second kappa shape index (κ2) is 25.0. The molecule has 19 atom stereocenters. The van der Waals surface area contributed by atoms with Crippen LogP contribution in [0.1, 0.15) is 148 Å². The van der Waals surface area contributed by atoms with Gasteiger partial charge in [-0.1, -0.05) is 67.0 Å². The fourth-order valence-electron chi connectivity index (χ4n) is 20.9. The van der Waals surface area contributed by atoms with Crippen LogP contribution in [0.4, 0.5) is 0 Å². The number of carbonyl (C=O) groups excluding carboxylic acids is 1. The molecule has 17 rings (SSSR count). The van der Waals surface area contributed by atoms with Crippen molar-refractivity contribution in [2.45, 2.75) is 170 Å². The van der Waals surface area contributed by atoms with Gasteiger partial charge in [-0.25, -0.2) is 0 Å². The number of phenolic OH excluding ortho intramolecular Hbond substituents is 3. The Hall–Kier alpha value is -8.59. The highest BCUT2D eigenvalue weighted by Gasteiger charge is 2.64. The first-order chi connectivity index (χ1) is 47.7. The fraction of sp³-hybridized carbons (Fsp3) is 0.506. The maximum absolute atomic E-state index is 14.1. The molecule has 19 heteroatoms. The third kappa shape index (κ3) is 10.9. The molecule has 9 bridgehead atoms. The Kier molecular flexibility index (Phi) is 16.0. The first-order valence-electron chi connectivity index (χ1n) is 36.0. The molecule has 9 heterocycles. The number of allylic oxidation sites excluding steroid dienone is 2. The minimum Gasteiger partial charge on any atom is -0.504 e. The van der Waals surface area contributed by atoms with E-state index in [0.717, 1.165) is 73.4 Å². The van der Waals surface area contributed by atoms with Crippen LogP contribution in [0.15, 0.2) is 126 Å². The molecule has 6 aliphatic heterocycles. The lowest BCUT2D eigenvalue weighted by Gasteiger charge is -2.59. The van der Waals surface area contributed by atoms with E-state index in [-0.39, 0.29) is 83.1 Å². The number of aromatic amines is 1. The van der Waals surface area contributed by atoms with Crippen molar-refractivity contribution in [3.63, 3.8) is 0 Å². The van der Waals surface area contributed by atoms with Gasteiger partial charge in [0.25, 0.3) is 0 Å². The molecule has 5 aliphatic carbocycles. The van der Waals surface area contributed by atoms with E-state index < -0.39 is 65.6 Å². The number of nitrogens with zero attached hydrogens (tertiary/aromatic N) is 3. The van der Waals surface area contributed by atoms with Crippen LogP contribution in [0.2, 0.25) is 0 Å². The maximum Gasteiger partial charge on any atom is 0.302 e. The second-order valence-corrected chi connectivity index (χ2v) is 30.5. The Morgan fingerprint density at radius 3 is 2.73 bits per heavy atom. The van der Waals surface area contributed by atoms with Gasteiger partial charge in [0.05, 0.1) is 47.5 Å². The van der Waals surface area contributed by atoms with Crippen molar-refractivity contribution in [2.24, 2.45) is 63.0 Å². The number of benzene rings is 3. The van der Waals surface area contributed by atoms with Crippen LogP contribution in [-0.2, 0) is 33.5 Å². The van der Waals surface area contributed by atoms with Crippen molar-refractivity contribution in [3.05, 3.63) is 155 Å². The predicted octanol–water partition coefficient (Wildman–Crippen LogP) is 9.62. The number of aromatic nitrogens is 3. The number of H-pyrrole nitrogens is 1. The minimum atomic E-state index is -1.11. The summed E-state index contributed by atoms with van der Waals surface area (Å²) in [5.74, 6) is 15.1. The van der Waals surface area contributed by atoms with Gasteiger partial charge < -0.3 is 75.9 Å². The molecule has 1 spiro atoms. The Labute approximate surface area is 572 Å². The average Bonchev–Trinajstić information content (AvgIpc) is 1.34. The third-order valence-electron chi connectivity index (χ3n) is 25.0. The number of guanidine groups is 1. The molecular weight excluding hydrogens is 1230 g/mol. The first kappa shape index (κ1) is 62.9. The number of aliphatic hydroxyl groups excluding tert-OH is 1. The summed E-state index contributed by atoms with van der Waals surface area (Å²) in [6.45, 7) is 2.84. The topological polar surface area (TPSA) is 267 Å². The minimum absolute atomic E-state index is 0.00857. The molecule has 4 saturated carbocycles. The highest BCUT2D eigenvalue weighted by atomic mass is 16.6. The number of pyridine rings is 1. The monoisotopic (exact) mass is 1320 g/mol. The number of aromatic hydroxyl groups is 3. The molecule has 3 aromatic heterocycles. The molecule has 0 amide bonds. The number of phenols is 3. The summed E-state index contributed by atoms with van der Waals surface area (Å²) in [5, 5.41) is 70.1. The van der Waals surface area contributed by atoms with Crippen molar-refractivity contribution in [1.29, 1.82) is 0 Å². The zero-order valence-corrected chi connectivity index (χ0v) is 55.8. The van der Waals surface area contributed by atoms with Crippen LogP contribution in [0.5, 0.6) is 28.7 Å². The Balaban J connectivity index is 0.866. The number of hydrogen-bond donors (Lipinski definition) is 11. The van der Waals surface area contributed by atoms with Gasteiger partial charge in [0.2, 0.25) is 5.75 Å². The van der Waals surface area contributed by atoms with E-state index >= 15 is 0 Å². The van der Waals surface area contributed by atoms with Gasteiger partial charge in [0, 0.05) is 111 Å². The number of aliphatic hydroxyl groups is 1. The summed E-state index contributed by atoms with van der Waals surface area (Å²) >= 11 is 0. The van der Waals surface area contributed by atoms with Crippen molar-refractivity contribution in [1.82, 2.24) is 41.1 Å². The Morgan fingerprint density at radius 2 is 1.88 bits per heavy atom. The van der Waals surface area contributed by atoms with Crippen molar-refractivity contribution < 1.29 is 44.2 Å². The molecule has 19 nitrogen and oxygen atoms in total. The van der Waals surface area contributed by atoms with Gasteiger partial charge in [-0.3, -0.25) is 20.1 Å². The van der Waals surface area contributed by atoms with E-state index in [1.54, 1.807) is 24.5 Å². The standard InChI is InChI=1S/C79H90N10O9/c1-44(90)96-63-36-62(52-34-61(92)72(93)66(35-52)95-29-23-45-8-7-26-82-40-45)98-73-56(63)17-15-53-16-18-57-64-32-48-30-50-10-5-12-54-55-20-25-77(69(55)71(81-2)68(50)54,37-47-21-27-84-67(80)33-47)43-85-76-87-74(89-41-51-22-28-83-59(51)42-89)70(79(57,39-48)88-76)75(94)86-58-13-4-3-9-49(58)11-6-24-78(53,73)38-46-14-19-60(91)65(31-46)97-64/h5,7-8,10,12,14,19,21-22,26,28,31,33-35,40-42,48-49,53,55-58,62-64,69-71,73-75,81,83-84,86,91-94H,3-4,9,13,15,17,20,23-25,27,29-30,32,36-39,43,80H2,1-2H3,(H2,85,87,88)/t48-,49+,53+,55-,56+,57+,58+,62+,63+,64+,69-,70-,71+,73-,74+,75-,77-,78+,79-/m1/s1. The summed E-state index contributed by atoms with van der Waals surface area (Å²) < 4.78 is 30.4. The number of ether oxygens (including phenoxy) is 4. The molecule has 98 heavy (non-hydrogen) atoms. The average molecular weight is 1320 g/mol. The van der Waals surface area contributed by atoms with Crippen molar-refractivity contribution in [2.75, 3.05) is 26.7 Å². The molecular formula is C79H90N10O9. The number of dihydropyridines is 1. The summed E-state index contributed by atoms with van der Waals surface area (Å²) in [6.07, 6.45) is 21.1. The fourth-order valence-corrected chi connectivity index (χ4v) is 20.9. The predicted molar refractivity (Wildman–Crippen MR) is 370 cm³/mol. The van der Waals surface area contributed by atoms with Gasteiger partial charge in [-0.05, 0) is 182 Å². The third-order valence-corrected chi connectivity index (χ3v) is 25.0. The second-order valence-electron chi connectivity index (χ2n) is 30.5. The lowest BCUT2D eigenvalue weighted by molar-refractivity contribution is -0.219. The van der Waals surface area contributed by atoms with E-state index in [1.165, 1.54) is 35.3 Å². The number of esters is 1. The molecule has 12 N–H and O–H groups in total. The van der Waals surface area contributed by atoms with Gasteiger partial charge >= 0.3 is 5.97 Å². The van der Waals surface area contributed by atoms with E-state index in [2.05, 4.69) is 121 Å². The van der Waals surface area contributed by atoms with Crippen LogP contribution in [0.3, 0.4) is 0 Å². The zero-order chi connectivity index (χ0) is 66.6. The largest absolute Gasteiger partial charge is 0.504 e. The Morgan fingerprint density at radius 1 is 0.969 bits per heavy atom. The van der Waals surface area contributed by atoms with Crippen LogP contribution in [0, 0.1) is 75.9 Å². The Bertz CT molecular complexity index is 4280. The first-order valence-corrected chi connectivity index (χ1v) is 36.0. The SMILES string of the molecule is CN[C@H]1c2c3cccc2[C@H]2CC[C@@](CC4=CCNC(N)=C4)(CN=C4N[C@@H](n5cc6cc[nH]c6c5)[C@@H]5[C@@H](O)N[C@H]6CCCC[C@H]6C#CC[C@]67Cc8ccc(O)c(c8)O[C@H]8C[C@@H](C3)C[C@@]5(N4)[C@H]8C#C[C@@H]6CC[C@H]3[C@@H](OC(C)=O)C[C@@H](c4cc(O)c(O)c(OCCc5cccnc5)c4)O[C@H]37)[C@H]21. The summed E-state index contributed by atoms with van der Waals surface area (Å²) in [6, 6.07) is 21.9. The number of carbonyl (C=O) groups is 1. The molecule has 6 aromatic rings. The summed E-state index contributed by atoms with van der Waals surface area (Å²) in [5.41, 5.74) is 13.1. The molecule has 0 radical (unpaired) electrons. The van der Waals surface area contributed by atoms with Gasteiger partial charge in [-0.2, -0.15) is 0 Å². The van der Waals surface area contributed by atoms with E-state index in [1.807, 2.05) is 30.5 Å². The van der Waals surface area contributed by atoms with Gasteiger partial charge in [-0.15, -0.1) is 5.92 Å². The van der Waals surface area contributed by atoms with E-state index in [4.69, 9.17) is 29.7 Å². The summed E-state index contributed by atoms with van der Waals surface area (Å²) in [7, 11) is 2.13. The normalized spacial score (nSPS) is 35.6. The molecule has 3 aromatic carbocycles. The van der Waals surface area contributed by atoms with Crippen LogP contribution >= 0.6 is 0 Å². The van der Waals surface area contributed by atoms with Crippen LogP contribution in [-0.4, -0.2) is 110 Å². The van der Waals surface area contributed by atoms with E-state index in [9.17, 15) is 25.2 Å². The van der Waals surface area contributed by atoms with Gasteiger partial charge in [0.15, 0.2) is 29.0 Å². The number of nitrogens with two attached hydrogens (primary N) is 1. The van der Waals surface area contributed by atoms with E-state index in [0.29, 0.717) is 87.0 Å².